The Morgan fingerprint density at radius 3 is 2.64 bits per heavy atom. The predicted molar refractivity (Wildman–Crippen MR) is 95.3 cm³/mol. The molecule has 1 amide bonds. The number of nitrogens with zero attached hydrogens (tertiary/aromatic N) is 2. The van der Waals surface area contributed by atoms with E-state index < -0.39 is 0 Å². The van der Waals surface area contributed by atoms with Crippen molar-refractivity contribution in [3.8, 4) is 11.5 Å². The lowest BCUT2D eigenvalue weighted by Crippen LogP contribution is -2.30. The smallest absolute Gasteiger partial charge is 0.275 e. The molecule has 0 bridgehead atoms. The van der Waals surface area contributed by atoms with Crippen molar-refractivity contribution in [3.63, 3.8) is 0 Å². The van der Waals surface area contributed by atoms with E-state index in [1.54, 1.807) is 6.26 Å². The number of hydrogen-bond donors (Lipinski definition) is 1. The van der Waals surface area contributed by atoms with E-state index in [1.165, 1.54) is 5.56 Å². The van der Waals surface area contributed by atoms with Gasteiger partial charge in [-0.1, -0.05) is 38.1 Å². The van der Waals surface area contributed by atoms with E-state index in [0.29, 0.717) is 18.0 Å². The summed E-state index contributed by atoms with van der Waals surface area (Å²) in [4.78, 5) is 14.8. The van der Waals surface area contributed by atoms with Crippen LogP contribution in [0.2, 0.25) is 0 Å². The molecule has 5 heteroatoms. The SMILES string of the molecule is CCCN1C(=O)c2n[nH]c(-c3ccco3)c2[C@@H]1c1ccc(CC)cc1. The number of aromatic nitrogens is 2. The van der Waals surface area contributed by atoms with Crippen LogP contribution in [0.5, 0.6) is 0 Å². The van der Waals surface area contributed by atoms with Crippen LogP contribution in [0.15, 0.2) is 47.1 Å². The van der Waals surface area contributed by atoms with E-state index >= 15 is 0 Å². The Hall–Kier alpha value is -2.82. The lowest BCUT2D eigenvalue weighted by Gasteiger charge is -2.26. The van der Waals surface area contributed by atoms with Gasteiger partial charge in [0.25, 0.3) is 5.91 Å². The molecule has 0 fully saturated rings. The van der Waals surface area contributed by atoms with Crippen molar-refractivity contribution in [1.29, 1.82) is 0 Å². The molecule has 0 saturated carbocycles. The Labute approximate surface area is 146 Å². The van der Waals surface area contributed by atoms with E-state index in [0.717, 1.165) is 29.7 Å². The molecule has 1 aromatic carbocycles. The summed E-state index contributed by atoms with van der Waals surface area (Å²) in [5, 5.41) is 7.30. The van der Waals surface area contributed by atoms with Crippen molar-refractivity contribution in [2.75, 3.05) is 6.54 Å². The number of furan rings is 1. The number of carbonyl (C=O) groups excluding carboxylic acids is 1. The fourth-order valence-corrected chi connectivity index (χ4v) is 3.55. The minimum Gasteiger partial charge on any atom is -0.463 e. The number of hydrogen-bond acceptors (Lipinski definition) is 3. The summed E-state index contributed by atoms with van der Waals surface area (Å²) >= 11 is 0. The first-order valence-corrected chi connectivity index (χ1v) is 8.76. The highest BCUT2D eigenvalue weighted by Gasteiger charge is 2.42. The lowest BCUT2D eigenvalue weighted by molar-refractivity contribution is 0.0744. The summed E-state index contributed by atoms with van der Waals surface area (Å²) in [6.07, 6.45) is 3.53. The molecule has 2 aromatic heterocycles. The highest BCUT2D eigenvalue weighted by molar-refractivity contribution is 5.99. The van der Waals surface area contributed by atoms with Gasteiger partial charge in [0.05, 0.1) is 12.3 Å². The second-order valence-corrected chi connectivity index (χ2v) is 6.33. The van der Waals surface area contributed by atoms with Gasteiger partial charge in [-0.05, 0) is 36.1 Å². The zero-order valence-electron chi connectivity index (χ0n) is 14.5. The number of nitrogens with one attached hydrogen (secondary N) is 1. The van der Waals surface area contributed by atoms with Crippen LogP contribution in [0, 0.1) is 0 Å². The van der Waals surface area contributed by atoms with E-state index in [-0.39, 0.29) is 11.9 Å². The molecule has 0 saturated heterocycles. The third-order valence-corrected chi connectivity index (χ3v) is 4.79. The van der Waals surface area contributed by atoms with Crippen LogP contribution in [0.3, 0.4) is 0 Å². The van der Waals surface area contributed by atoms with E-state index in [1.807, 2.05) is 17.0 Å². The van der Waals surface area contributed by atoms with Gasteiger partial charge in [0.2, 0.25) is 0 Å². The number of rotatable bonds is 5. The van der Waals surface area contributed by atoms with Gasteiger partial charge in [0, 0.05) is 12.1 Å². The van der Waals surface area contributed by atoms with Gasteiger partial charge in [-0.25, -0.2) is 0 Å². The Kier molecular flexibility index (Phi) is 3.92. The van der Waals surface area contributed by atoms with Gasteiger partial charge in [-0.3, -0.25) is 9.89 Å². The Balaban J connectivity index is 1.85. The molecule has 1 N–H and O–H groups in total. The normalized spacial score (nSPS) is 16.5. The lowest BCUT2D eigenvalue weighted by atomic mass is 9.96. The quantitative estimate of drug-likeness (QED) is 0.760. The molecule has 0 radical (unpaired) electrons. The number of H-pyrrole nitrogens is 1. The molecule has 25 heavy (non-hydrogen) atoms. The Bertz CT molecular complexity index is 878. The number of benzene rings is 1. The van der Waals surface area contributed by atoms with Crippen LogP contribution >= 0.6 is 0 Å². The van der Waals surface area contributed by atoms with Crippen molar-refractivity contribution in [3.05, 3.63) is 65.0 Å². The molecule has 3 aromatic rings. The first kappa shape index (κ1) is 15.7. The second kappa shape index (κ2) is 6.24. The Morgan fingerprint density at radius 2 is 2.00 bits per heavy atom. The molecule has 5 nitrogen and oxygen atoms in total. The van der Waals surface area contributed by atoms with Gasteiger partial charge in [0.1, 0.15) is 5.69 Å². The summed E-state index contributed by atoms with van der Waals surface area (Å²) in [6.45, 7) is 4.92. The van der Waals surface area contributed by atoms with Crippen LogP contribution in [0.25, 0.3) is 11.5 Å². The zero-order chi connectivity index (χ0) is 17.4. The van der Waals surface area contributed by atoms with Gasteiger partial charge in [-0.15, -0.1) is 0 Å². The third kappa shape index (κ3) is 2.47. The average Bonchev–Trinajstić information content (AvgIpc) is 3.35. The highest BCUT2D eigenvalue weighted by Crippen LogP contribution is 2.42. The van der Waals surface area contributed by atoms with E-state index in [4.69, 9.17) is 4.42 Å². The topological polar surface area (TPSA) is 62.1 Å². The van der Waals surface area contributed by atoms with Crippen molar-refractivity contribution < 1.29 is 9.21 Å². The maximum absolute atomic E-state index is 12.9. The van der Waals surface area contributed by atoms with Crippen molar-refractivity contribution in [1.82, 2.24) is 15.1 Å². The van der Waals surface area contributed by atoms with Crippen LogP contribution in [-0.4, -0.2) is 27.5 Å². The standard InChI is InChI=1S/C20H21N3O2/c1-3-11-23-19(14-9-7-13(4-2)8-10-14)16-17(15-6-5-12-25-15)21-22-18(16)20(23)24/h5-10,12,19H,3-4,11H2,1-2H3,(H,21,22)/t19-/m0/s1. The largest absolute Gasteiger partial charge is 0.463 e. The maximum atomic E-state index is 12.9. The predicted octanol–water partition coefficient (Wildman–Crippen LogP) is 4.19. The summed E-state index contributed by atoms with van der Waals surface area (Å²) in [7, 11) is 0. The summed E-state index contributed by atoms with van der Waals surface area (Å²) < 4.78 is 5.55. The minimum atomic E-state index is -0.132. The van der Waals surface area contributed by atoms with Gasteiger partial charge in [-0.2, -0.15) is 5.10 Å². The molecular formula is C20H21N3O2. The van der Waals surface area contributed by atoms with Gasteiger partial charge in [0.15, 0.2) is 11.5 Å². The molecule has 0 unspecified atom stereocenters. The molecule has 4 rings (SSSR count). The number of amides is 1. The third-order valence-electron chi connectivity index (χ3n) is 4.79. The van der Waals surface area contributed by atoms with Crippen molar-refractivity contribution >= 4 is 5.91 Å². The van der Waals surface area contributed by atoms with Gasteiger partial charge >= 0.3 is 0 Å². The molecule has 3 heterocycles. The summed E-state index contributed by atoms with van der Waals surface area (Å²) in [5.74, 6) is 0.686. The molecule has 0 spiro atoms. The summed E-state index contributed by atoms with van der Waals surface area (Å²) in [5.41, 5.74) is 4.60. The average molecular weight is 335 g/mol. The van der Waals surface area contributed by atoms with Crippen LogP contribution in [0.4, 0.5) is 0 Å². The first-order chi connectivity index (χ1) is 12.2. The first-order valence-electron chi connectivity index (χ1n) is 8.76. The fraction of sp³-hybridized carbons (Fsp3) is 0.300. The molecule has 0 aliphatic carbocycles. The molecule has 1 aliphatic heterocycles. The van der Waals surface area contributed by atoms with Crippen LogP contribution < -0.4 is 0 Å². The molecule has 1 atom stereocenters. The Morgan fingerprint density at radius 1 is 1.20 bits per heavy atom. The van der Waals surface area contributed by atoms with Crippen LogP contribution in [-0.2, 0) is 6.42 Å². The summed E-state index contributed by atoms with van der Waals surface area (Å²) in [6, 6.07) is 12.1. The number of fused-ring (bicyclic) bond motifs is 1. The van der Waals surface area contributed by atoms with Crippen molar-refractivity contribution in [2.24, 2.45) is 0 Å². The monoisotopic (exact) mass is 335 g/mol. The number of aromatic amines is 1. The fourth-order valence-electron chi connectivity index (χ4n) is 3.55. The van der Waals surface area contributed by atoms with Crippen LogP contribution in [0.1, 0.15) is 53.5 Å². The zero-order valence-corrected chi connectivity index (χ0v) is 14.5. The maximum Gasteiger partial charge on any atom is 0.275 e. The molecule has 1 aliphatic rings. The van der Waals surface area contributed by atoms with E-state index in [2.05, 4.69) is 48.3 Å². The molecule has 128 valence electrons. The van der Waals surface area contributed by atoms with E-state index in [9.17, 15) is 4.79 Å². The number of aryl methyl sites for hydroxylation is 1. The number of carbonyl (C=O) groups is 1. The second-order valence-electron chi connectivity index (χ2n) is 6.33. The minimum absolute atomic E-state index is 0.0181. The van der Waals surface area contributed by atoms with Gasteiger partial charge < -0.3 is 9.32 Å². The molecular weight excluding hydrogens is 314 g/mol. The highest BCUT2D eigenvalue weighted by atomic mass is 16.3. The van der Waals surface area contributed by atoms with Crippen molar-refractivity contribution in [2.45, 2.75) is 32.7 Å².